The third-order valence-electron chi connectivity index (χ3n) is 3.60. The molecule has 6 nitrogen and oxygen atoms in total. The van der Waals surface area contributed by atoms with Crippen LogP contribution in [-0.4, -0.2) is 30.0 Å². The van der Waals surface area contributed by atoms with Crippen molar-refractivity contribution in [1.82, 2.24) is 5.32 Å². The number of carbonyl (C=O) groups is 1. The molecule has 0 unspecified atom stereocenters. The summed E-state index contributed by atoms with van der Waals surface area (Å²) in [5.74, 6) is -0.882. The molecular weight excluding hydrogens is 277 g/mol. The van der Waals surface area contributed by atoms with Crippen molar-refractivity contribution in [2.24, 2.45) is 0 Å². The van der Waals surface area contributed by atoms with Crippen LogP contribution >= 0.6 is 0 Å². The smallest absolute Gasteiger partial charge is 0.327 e. The lowest BCUT2D eigenvalue weighted by molar-refractivity contribution is -0.386. The van der Waals surface area contributed by atoms with Crippen molar-refractivity contribution >= 4 is 17.3 Å². The van der Waals surface area contributed by atoms with Gasteiger partial charge in [0.25, 0.3) is 0 Å². The van der Waals surface area contributed by atoms with Gasteiger partial charge in [0.1, 0.15) is 5.69 Å². The molecule has 1 saturated heterocycles. The maximum Gasteiger partial charge on any atom is 0.327 e. The normalized spacial score (nSPS) is 18.4. The molecule has 1 aromatic rings. The number of nitrogens with one attached hydrogen (secondary N) is 1. The molecule has 21 heavy (non-hydrogen) atoms. The number of hydrogen-bond donors (Lipinski definition) is 1. The van der Waals surface area contributed by atoms with Crippen molar-refractivity contribution in [3.8, 4) is 0 Å². The molecule has 114 valence electrons. The molecule has 2 rings (SSSR count). The van der Waals surface area contributed by atoms with Gasteiger partial charge in [-0.1, -0.05) is 13.0 Å². The van der Waals surface area contributed by atoms with Crippen LogP contribution in [0.15, 0.2) is 18.2 Å². The molecule has 7 heteroatoms. The molecule has 0 saturated carbocycles. The average molecular weight is 295 g/mol. The quantitative estimate of drug-likeness (QED) is 0.682. The Morgan fingerprint density at radius 3 is 3.00 bits per heavy atom. The number of rotatable bonds is 4. The number of para-hydroxylation sites is 1. The number of amides is 1. The van der Waals surface area contributed by atoms with Gasteiger partial charge in [0, 0.05) is 25.6 Å². The second kappa shape index (κ2) is 6.51. The van der Waals surface area contributed by atoms with Crippen molar-refractivity contribution in [2.75, 3.05) is 18.0 Å². The third kappa shape index (κ3) is 3.48. The van der Waals surface area contributed by atoms with E-state index in [0.717, 1.165) is 18.9 Å². The Morgan fingerprint density at radius 1 is 1.57 bits per heavy atom. The van der Waals surface area contributed by atoms with Crippen molar-refractivity contribution < 1.29 is 14.1 Å². The van der Waals surface area contributed by atoms with Gasteiger partial charge >= 0.3 is 5.69 Å². The lowest BCUT2D eigenvalue weighted by Gasteiger charge is -2.34. The monoisotopic (exact) mass is 295 g/mol. The molecule has 1 heterocycles. The zero-order valence-electron chi connectivity index (χ0n) is 11.8. The SMILES string of the molecule is CCC(=O)N[C@H]1CCCN(c2cccc(F)c2[N+](=O)[O-])C1. The van der Waals surface area contributed by atoms with Gasteiger partial charge in [0.15, 0.2) is 0 Å². The van der Waals surface area contributed by atoms with Crippen LogP contribution < -0.4 is 10.2 Å². The number of nitro benzene ring substituents is 1. The van der Waals surface area contributed by atoms with Crippen LogP contribution in [0.2, 0.25) is 0 Å². The summed E-state index contributed by atoms with van der Waals surface area (Å²) in [6.45, 7) is 2.84. The topological polar surface area (TPSA) is 75.5 Å². The van der Waals surface area contributed by atoms with Gasteiger partial charge in [-0.25, -0.2) is 0 Å². The fourth-order valence-corrected chi connectivity index (χ4v) is 2.58. The maximum atomic E-state index is 13.7. The molecule has 0 radical (unpaired) electrons. The lowest BCUT2D eigenvalue weighted by atomic mass is 10.0. The van der Waals surface area contributed by atoms with Gasteiger partial charge in [-0.05, 0) is 25.0 Å². The summed E-state index contributed by atoms with van der Waals surface area (Å²) in [6, 6.07) is 4.04. The van der Waals surface area contributed by atoms with Crippen LogP contribution in [0.1, 0.15) is 26.2 Å². The molecule has 1 atom stereocenters. The number of hydrogen-bond acceptors (Lipinski definition) is 4. The van der Waals surface area contributed by atoms with E-state index in [1.54, 1.807) is 17.9 Å². The molecule has 0 aromatic heterocycles. The minimum absolute atomic E-state index is 0.0457. The van der Waals surface area contributed by atoms with Crippen molar-refractivity contribution in [1.29, 1.82) is 0 Å². The van der Waals surface area contributed by atoms with Gasteiger partial charge in [0.2, 0.25) is 11.7 Å². The highest BCUT2D eigenvalue weighted by molar-refractivity contribution is 5.76. The predicted molar refractivity (Wildman–Crippen MR) is 76.7 cm³/mol. The molecule has 1 aliphatic heterocycles. The highest BCUT2D eigenvalue weighted by Crippen LogP contribution is 2.32. The molecule has 0 spiro atoms. The summed E-state index contributed by atoms with van der Waals surface area (Å²) < 4.78 is 13.7. The van der Waals surface area contributed by atoms with Crippen molar-refractivity contribution in [2.45, 2.75) is 32.2 Å². The van der Waals surface area contributed by atoms with Crippen LogP contribution in [-0.2, 0) is 4.79 Å². The van der Waals surface area contributed by atoms with Crippen LogP contribution in [0.5, 0.6) is 0 Å². The highest BCUT2D eigenvalue weighted by atomic mass is 19.1. The number of anilines is 1. The van der Waals surface area contributed by atoms with Gasteiger partial charge < -0.3 is 10.2 Å². The number of piperidine rings is 1. The molecule has 1 N–H and O–H groups in total. The molecule has 0 aliphatic carbocycles. The second-order valence-electron chi connectivity index (χ2n) is 5.07. The summed E-state index contributed by atoms with van der Waals surface area (Å²) in [4.78, 5) is 23.6. The van der Waals surface area contributed by atoms with Gasteiger partial charge in [-0.15, -0.1) is 0 Å². The second-order valence-corrected chi connectivity index (χ2v) is 5.07. The standard InChI is InChI=1S/C14H18FN3O3/c1-2-13(19)16-10-5-4-8-17(9-10)12-7-3-6-11(15)14(12)18(20)21/h3,6-7,10H,2,4-5,8-9H2,1H3,(H,16,19)/t10-/m0/s1. The van der Waals surface area contributed by atoms with E-state index in [2.05, 4.69) is 5.32 Å². The minimum atomic E-state index is -0.836. The first kappa shape index (κ1) is 15.2. The van der Waals surface area contributed by atoms with E-state index >= 15 is 0 Å². The first-order valence-corrected chi connectivity index (χ1v) is 7.00. The van der Waals surface area contributed by atoms with Gasteiger partial charge in [0.05, 0.1) is 4.92 Å². The van der Waals surface area contributed by atoms with Crippen LogP contribution in [0.3, 0.4) is 0 Å². The molecule has 1 amide bonds. The summed E-state index contributed by atoms with van der Waals surface area (Å²) in [7, 11) is 0. The lowest BCUT2D eigenvalue weighted by Crippen LogP contribution is -2.47. The van der Waals surface area contributed by atoms with Gasteiger partial charge in [-0.2, -0.15) is 4.39 Å². The molecule has 1 fully saturated rings. The Balaban J connectivity index is 2.20. The van der Waals surface area contributed by atoms with Crippen LogP contribution in [0.4, 0.5) is 15.8 Å². The van der Waals surface area contributed by atoms with Crippen LogP contribution in [0, 0.1) is 15.9 Å². The number of halogens is 1. The predicted octanol–water partition coefficient (Wildman–Crippen LogP) is 2.23. The van der Waals surface area contributed by atoms with Crippen molar-refractivity contribution in [3.05, 3.63) is 34.1 Å². The average Bonchev–Trinajstić information content (AvgIpc) is 2.46. The van der Waals surface area contributed by atoms with Gasteiger partial charge in [-0.3, -0.25) is 14.9 Å². The Morgan fingerprint density at radius 2 is 2.33 bits per heavy atom. The zero-order valence-corrected chi connectivity index (χ0v) is 11.8. The van der Waals surface area contributed by atoms with E-state index in [1.807, 2.05) is 0 Å². The Labute approximate surface area is 122 Å². The number of benzene rings is 1. The summed E-state index contributed by atoms with van der Waals surface area (Å²) >= 11 is 0. The first-order valence-electron chi connectivity index (χ1n) is 7.00. The molecule has 1 aliphatic rings. The number of nitro groups is 1. The molecular formula is C14H18FN3O3. The van der Waals surface area contributed by atoms with E-state index in [0.29, 0.717) is 19.5 Å². The van der Waals surface area contributed by atoms with E-state index in [-0.39, 0.29) is 17.6 Å². The fraction of sp³-hybridized carbons (Fsp3) is 0.500. The Hall–Kier alpha value is -2.18. The Kier molecular flexibility index (Phi) is 4.72. The summed E-state index contributed by atoms with van der Waals surface area (Å²) in [5, 5.41) is 13.9. The molecule has 1 aromatic carbocycles. The van der Waals surface area contributed by atoms with E-state index < -0.39 is 16.4 Å². The number of carbonyl (C=O) groups excluding carboxylic acids is 1. The largest absolute Gasteiger partial charge is 0.364 e. The Bertz CT molecular complexity index is 550. The van der Waals surface area contributed by atoms with E-state index in [9.17, 15) is 19.3 Å². The summed E-state index contributed by atoms with van der Waals surface area (Å²) in [6.07, 6.45) is 2.02. The van der Waals surface area contributed by atoms with Crippen molar-refractivity contribution in [3.63, 3.8) is 0 Å². The first-order chi connectivity index (χ1) is 10.0. The number of nitrogens with zero attached hydrogens (tertiary/aromatic N) is 2. The van der Waals surface area contributed by atoms with Crippen LogP contribution in [0.25, 0.3) is 0 Å². The zero-order chi connectivity index (χ0) is 15.4. The minimum Gasteiger partial charge on any atom is -0.364 e. The fourth-order valence-electron chi connectivity index (χ4n) is 2.58. The highest BCUT2D eigenvalue weighted by Gasteiger charge is 2.28. The van der Waals surface area contributed by atoms with E-state index in [4.69, 9.17) is 0 Å². The summed E-state index contributed by atoms with van der Waals surface area (Å²) in [5.41, 5.74) is -0.226. The van der Waals surface area contributed by atoms with E-state index in [1.165, 1.54) is 6.07 Å². The maximum absolute atomic E-state index is 13.7. The third-order valence-corrected chi connectivity index (χ3v) is 3.60. The molecule has 0 bridgehead atoms.